The highest BCUT2D eigenvalue weighted by atomic mass is 127. The Hall–Kier alpha value is -1.71. The average molecular weight is 504 g/mol. The third-order valence-electron chi connectivity index (χ3n) is 4.96. The minimum Gasteiger partial charge on any atom is -0.493 e. The molecule has 1 saturated carbocycles. The number of carbonyl (C=O) groups excluding carboxylic acids is 1. The summed E-state index contributed by atoms with van der Waals surface area (Å²) >= 11 is 0. The molecule has 0 radical (unpaired) electrons. The van der Waals surface area contributed by atoms with Crippen molar-refractivity contribution in [1.29, 1.82) is 0 Å². The third-order valence-corrected chi connectivity index (χ3v) is 4.96. The number of guanidine groups is 1. The van der Waals surface area contributed by atoms with Gasteiger partial charge < -0.3 is 25.0 Å². The van der Waals surface area contributed by atoms with E-state index in [1.807, 2.05) is 39.2 Å². The first-order valence-corrected chi connectivity index (χ1v) is 9.46. The largest absolute Gasteiger partial charge is 0.493 e. The first kappa shape index (κ1) is 24.3. The number of anilines is 1. The fraction of sp³-hybridized carbons (Fsp3) is 0.600. The van der Waals surface area contributed by atoms with E-state index >= 15 is 0 Å². The minimum absolute atomic E-state index is 0. The molecule has 7 nitrogen and oxygen atoms in total. The standard InChI is InChI=1S/C20H32N4O3.HI/c1-6-27-17-13-15(9-10-16(17)26-5)23-19(21-2)22-14-20(11-7-8-12-20)18(25)24(3)4;/h9-10,13H,6-8,11-12,14H2,1-5H3,(H2,21,22,23);1H. The number of amides is 1. The lowest BCUT2D eigenvalue weighted by Gasteiger charge is -2.31. The summed E-state index contributed by atoms with van der Waals surface area (Å²) in [6, 6.07) is 5.64. The van der Waals surface area contributed by atoms with Crippen LogP contribution in [0, 0.1) is 5.41 Å². The lowest BCUT2D eigenvalue weighted by Crippen LogP contribution is -2.47. The van der Waals surface area contributed by atoms with E-state index in [0.29, 0.717) is 30.6 Å². The summed E-state index contributed by atoms with van der Waals surface area (Å²) in [5.74, 6) is 2.17. The molecule has 1 fully saturated rings. The predicted octanol–water partition coefficient (Wildman–Crippen LogP) is 3.35. The van der Waals surface area contributed by atoms with Crippen LogP contribution in [0.3, 0.4) is 0 Å². The lowest BCUT2D eigenvalue weighted by atomic mass is 9.84. The second-order valence-electron chi connectivity index (χ2n) is 7.04. The zero-order valence-corrected chi connectivity index (χ0v) is 19.8. The summed E-state index contributed by atoms with van der Waals surface area (Å²) in [5.41, 5.74) is 0.490. The second-order valence-corrected chi connectivity index (χ2v) is 7.04. The summed E-state index contributed by atoms with van der Waals surface area (Å²) in [4.78, 5) is 18.7. The Morgan fingerprint density at radius 3 is 2.46 bits per heavy atom. The van der Waals surface area contributed by atoms with Gasteiger partial charge in [-0.3, -0.25) is 9.79 Å². The van der Waals surface area contributed by atoms with E-state index < -0.39 is 0 Å². The fourth-order valence-electron chi connectivity index (χ4n) is 3.58. The molecule has 0 aliphatic heterocycles. The van der Waals surface area contributed by atoms with E-state index in [-0.39, 0.29) is 35.3 Å². The van der Waals surface area contributed by atoms with E-state index in [1.165, 1.54) is 0 Å². The summed E-state index contributed by atoms with van der Waals surface area (Å²) in [7, 11) is 6.98. The van der Waals surface area contributed by atoms with Crippen LogP contribution in [0.4, 0.5) is 5.69 Å². The van der Waals surface area contributed by atoms with Crippen molar-refractivity contribution in [2.24, 2.45) is 10.4 Å². The van der Waals surface area contributed by atoms with Crippen molar-refractivity contribution in [2.75, 3.05) is 46.7 Å². The Morgan fingerprint density at radius 1 is 1.25 bits per heavy atom. The zero-order valence-electron chi connectivity index (χ0n) is 17.5. The number of ether oxygens (including phenoxy) is 2. The van der Waals surface area contributed by atoms with Crippen molar-refractivity contribution in [3.05, 3.63) is 18.2 Å². The Bertz CT molecular complexity index is 673. The summed E-state index contributed by atoms with van der Waals surface area (Å²) < 4.78 is 10.9. The van der Waals surface area contributed by atoms with E-state index in [4.69, 9.17) is 9.47 Å². The first-order chi connectivity index (χ1) is 13.0. The second kappa shape index (κ2) is 11.3. The Kier molecular flexibility index (Phi) is 9.84. The monoisotopic (exact) mass is 504 g/mol. The Balaban J connectivity index is 0.00000392. The van der Waals surface area contributed by atoms with Crippen LogP contribution in [0.1, 0.15) is 32.6 Å². The molecule has 2 N–H and O–H groups in total. The lowest BCUT2D eigenvalue weighted by molar-refractivity contribution is -0.138. The summed E-state index contributed by atoms with van der Waals surface area (Å²) in [6.45, 7) is 3.06. The molecule has 28 heavy (non-hydrogen) atoms. The SMILES string of the molecule is CCOc1cc(NC(=NC)NCC2(C(=O)N(C)C)CCCC2)ccc1OC.I. The molecule has 0 saturated heterocycles. The molecule has 1 aliphatic rings. The molecular weight excluding hydrogens is 471 g/mol. The number of carbonyl (C=O) groups is 1. The van der Waals surface area contributed by atoms with Gasteiger partial charge in [0.25, 0.3) is 0 Å². The summed E-state index contributed by atoms with van der Waals surface area (Å²) in [5, 5.41) is 6.60. The van der Waals surface area contributed by atoms with Gasteiger partial charge in [0.15, 0.2) is 17.5 Å². The van der Waals surface area contributed by atoms with Crippen molar-refractivity contribution < 1.29 is 14.3 Å². The maximum absolute atomic E-state index is 12.7. The first-order valence-electron chi connectivity index (χ1n) is 9.46. The highest BCUT2D eigenvalue weighted by Gasteiger charge is 2.42. The molecule has 158 valence electrons. The molecule has 1 amide bonds. The molecule has 1 aromatic rings. The van der Waals surface area contributed by atoms with Crippen molar-refractivity contribution in [1.82, 2.24) is 10.2 Å². The van der Waals surface area contributed by atoms with E-state index in [2.05, 4.69) is 15.6 Å². The molecule has 8 heteroatoms. The van der Waals surface area contributed by atoms with Gasteiger partial charge in [0.05, 0.1) is 19.1 Å². The number of hydrogen-bond donors (Lipinski definition) is 2. The Labute approximate surface area is 185 Å². The van der Waals surface area contributed by atoms with Gasteiger partial charge in [0, 0.05) is 39.4 Å². The van der Waals surface area contributed by atoms with Gasteiger partial charge in [-0.25, -0.2) is 0 Å². The van der Waals surface area contributed by atoms with Crippen molar-refractivity contribution in [3.8, 4) is 11.5 Å². The van der Waals surface area contributed by atoms with Crippen molar-refractivity contribution in [2.45, 2.75) is 32.6 Å². The van der Waals surface area contributed by atoms with Crippen LogP contribution in [0.2, 0.25) is 0 Å². The quantitative estimate of drug-likeness (QED) is 0.339. The van der Waals surface area contributed by atoms with E-state index in [9.17, 15) is 4.79 Å². The number of nitrogens with zero attached hydrogens (tertiary/aromatic N) is 2. The molecule has 0 unspecified atom stereocenters. The highest BCUT2D eigenvalue weighted by molar-refractivity contribution is 14.0. The van der Waals surface area contributed by atoms with E-state index in [0.717, 1.165) is 31.4 Å². The van der Waals surface area contributed by atoms with Gasteiger partial charge in [-0.05, 0) is 31.9 Å². The molecule has 0 spiro atoms. The van der Waals surface area contributed by atoms with Crippen LogP contribution in [-0.2, 0) is 4.79 Å². The maximum atomic E-state index is 12.7. The van der Waals surface area contributed by atoms with Gasteiger partial charge in [-0.15, -0.1) is 24.0 Å². The molecule has 0 atom stereocenters. The van der Waals surface area contributed by atoms with Gasteiger partial charge in [-0.1, -0.05) is 12.8 Å². The fourth-order valence-corrected chi connectivity index (χ4v) is 3.58. The molecule has 0 aromatic heterocycles. The third kappa shape index (κ3) is 5.89. The van der Waals surface area contributed by atoms with Crippen molar-refractivity contribution in [3.63, 3.8) is 0 Å². The maximum Gasteiger partial charge on any atom is 0.230 e. The van der Waals surface area contributed by atoms with Gasteiger partial charge in [-0.2, -0.15) is 0 Å². The number of aliphatic imine (C=N–C) groups is 1. The molecule has 1 aliphatic carbocycles. The van der Waals surface area contributed by atoms with Crippen LogP contribution in [0.25, 0.3) is 0 Å². The van der Waals surface area contributed by atoms with Crippen LogP contribution in [0.5, 0.6) is 11.5 Å². The summed E-state index contributed by atoms with van der Waals surface area (Å²) in [6.07, 6.45) is 3.99. The topological polar surface area (TPSA) is 75.2 Å². The van der Waals surface area contributed by atoms with Gasteiger partial charge in [0.1, 0.15) is 0 Å². The molecule has 1 aromatic carbocycles. The predicted molar refractivity (Wildman–Crippen MR) is 124 cm³/mol. The van der Waals surface area contributed by atoms with Gasteiger partial charge >= 0.3 is 0 Å². The number of nitrogens with one attached hydrogen (secondary N) is 2. The molecule has 2 rings (SSSR count). The molecule has 0 heterocycles. The highest BCUT2D eigenvalue weighted by Crippen LogP contribution is 2.39. The van der Waals surface area contributed by atoms with Crippen LogP contribution >= 0.6 is 24.0 Å². The Morgan fingerprint density at radius 2 is 1.93 bits per heavy atom. The molecule has 0 bridgehead atoms. The average Bonchev–Trinajstić information content (AvgIpc) is 3.15. The normalized spacial score (nSPS) is 15.4. The van der Waals surface area contributed by atoms with E-state index in [1.54, 1.807) is 19.1 Å². The van der Waals surface area contributed by atoms with Crippen LogP contribution < -0.4 is 20.1 Å². The van der Waals surface area contributed by atoms with Gasteiger partial charge in [0.2, 0.25) is 5.91 Å². The number of hydrogen-bond acceptors (Lipinski definition) is 4. The van der Waals surface area contributed by atoms with Crippen molar-refractivity contribution >= 4 is 41.5 Å². The molecular formula is C20H33IN4O3. The number of methoxy groups -OCH3 is 1. The number of halogens is 1. The number of rotatable bonds is 7. The van der Waals surface area contributed by atoms with Crippen LogP contribution in [-0.4, -0.2) is 58.2 Å². The van der Waals surface area contributed by atoms with Crippen LogP contribution in [0.15, 0.2) is 23.2 Å². The zero-order chi connectivity index (χ0) is 19.9. The minimum atomic E-state index is -0.350. The smallest absolute Gasteiger partial charge is 0.230 e. The number of benzene rings is 1.